The SMILES string of the molecule is Cc1cc(SC(C(N)=O)C(N)=O)nc(=S)[nH]1. The molecule has 1 rings (SSSR count). The number of hydrogen-bond donors (Lipinski definition) is 3. The lowest BCUT2D eigenvalue weighted by Crippen LogP contribution is -2.37. The average molecular weight is 258 g/mol. The van der Waals surface area contributed by atoms with Crippen molar-refractivity contribution in [2.24, 2.45) is 11.5 Å². The fraction of sp³-hybridized carbons (Fsp3) is 0.250. The van der Waals surface area contributed by atoms with Crippen LogP contribution >= 0.6 is 24.0 Å². The van der Waals surface area contributed by atoms with Crippen molar-refractivity contribution in [2.75, 3.05) is 0 Å². The third kappa shape index (κ3) is 3.31. The molecule has 1 aromatic rings. The zero-order valence-electron chi connectivity index (χ0n) is 8.39. The zero-order chi connectivity index (χ0) is 12.3. The number of carbonyl (C=O) groups excluding carboxylic acids is 2. The van der Waals surface area contributed by atoms with Crippen LogP contribution in [0.5, 0.6) is 0 Å². The molecule has 0 aliphatic carbocycles. The van der Waals surface area contributed by atoms with Gasteiger partial charge in [0.25, 0.3) is 0 Å². The summed E-state index contributed by atoms with van der Waals surface area (Å²) in [6.45, 7) is 1.78. The fourth-order valence-corrected chi connectivity index (χ4v) is 2.17. The highest BCUT2D eigenvalue weighted by Gasteiger charge is 2.23. The number of amides is 2. The molecule has 0 aromatic carbocycles. The molecule has 0 aliphatic heterocycles. The first-order chi connectivity index (χ1) is 7.40. The highest BCUT2D eigenvalue weighted by molar-refractivity contribution is 8.01. The van der Waals surface area contributed by atoms with E-state index in [1.165, 1.54) is 0 Å². The Hall–Kier alpha value is -1.41. The van der Waals surface area contributed by atoms with Gasteiger partial charge in [0, 0.05) is 5.69 Å². The van der Waals surface area contributed by atoms with Crippen molar-refractivity contribution < 1.29 is 9.59 Å². The average Bonchev–Trinajstić information content (AvgIpc) is 2.11. The summed E-state index contributed by atoms with van der Waals surface area (Å²) in [4.78, 5) is 28.7. The largest absolute Gasteiger partial charge is 0.368 e. The number of carbonyl (C=O) groups is 2. The van der Waals surface area contributed by atoms with Crippen molar-refractivity contribution in [3.8, 4) is 0 Å². The van der Waals surface area contributed by atoms with Gasteiger partial charge >= 0.3 is 0 Å². The standard InChI is InChI=1S/C8H10N4O2S2/c1-3-2-4(12-8(15)11-3)16-5(6(9)13)7(10)14/h2,5H,1H3,(H2,9,13)(H2,10,14)(H,11,12,15). The number of nitrogens with zero attached hydrogens (tertiary/aromatic N) is 1. The van der Waals surface area contributed by atoms with Gasteiger partial charge in [-0.05, 0) is 25.2 Å². The number of rotatable bonds is 4. The van der Waals surface area contributed by atoms with Crippen LogP contribution in [0, 0.1) is 11.7 Å². The molecule has 1 heterocycles. The molecule has 0 fully saturated rings. The third-order valence-corrected chi connectivity index (χ3v) is 2.96. The molecular weight excluding hydrogens is 248 g/mol. The van der Waals surface area contributed by atoms with Crippen molar-refractivity contribution in [1.82, 2.24) is 9.97 Å². The van der Waals surface area contributed by atoms with Crippen LogP contribution in [0.3, 0.4) is 0 Å². The number of nitrogens with two attached hydrogens (primary N) is 2. The quantitative estimate of drug-likeness (QED) is 0.301. The van der Waals surface area contributed by atoms with E-state index in [9.17, 15) is 9.59 Å². The second-order valence-corrected chi connectivity index (χ2v) is 4.52. The fourth-order valence-electron chi connectivity index (χ4n) is 0.988. The summed E-state index contributed by atoms with van der Waals surface area (Å²) in [6, 6.07) is 1.65. The van der Waals surface area contributed by atoms with E-state index in [-0.39, 0.29) is 4.77 Å². The van der Waals surface area contributed by atoms with E-state index >= 15 is 0 Å². The highest BCUT2D eigenvalue weighted by atomic mass is 32.2. The minimum Gasteiger partial charge on any atom is -0.368 e. The Morgan fingerprint density at radius 3 is 2.50 bits per heavy atom. The van der Waals surface area contributed by atoms with Crippen LogP contribution in [-0.4, -0.2) is 27.0 Å². The maximum atomic E-state index is 11.0. The van der Waals surface area contributed by atoms with Crippen molar-refractivity contribution >= 4 is 35.8 Å². The van der Waals surface area contributed by atoms with E-state index in [2.05, 4.69) is 9.97 Å². The van der Waals surface area contributed by atoms with Gasteiger partial charge in [-0.2, -0.15) is 0 Å². The first-order valence-corrected chi connectivity index (χ1v) is 5.52. The van der Waals surface area contributed by atoms with Crippen LogP contribution in [-0.2, 0) is 9.59 Å². The summed E-state index contributed by atoms with van der Waals surface area (Å²) in [5, 5.41) is -0.701. The molecule has 6 nitrogen and oxygen atoms in total. The highest BCUT2D eigenvalue weighted by Crippen LogP contribution is 2.21. The summed E-state index contributed by atoms with van der Waals surface area (Å²) in [7, 11) is 0. The Morgan fingerprint density at radius 1 is 1.50 bits per heavy atom. The minimum atomic E-state index is -1.14. The van der Waals surface area contributed by atoms with Gasteiger partial charge in [-0.15, -0.1) is 0 Å². The van der Waals surface area contributed by atoms with Gasteiger partial charge in [0.1, 0.15) is 5.03 Å². The van der Waals surface area contributed by atoms with E-state index in [1.54, 1.807) is 13.0 Å². The summed E-state index contributed by atoms with van der Waals surface area (Å²) >= 11 is 5.75. The van der Waals surface area contributed by atoms with Crippen LogP contribution < -0.4 is 11.5 Å². The molecule has 0 aliphatic rings. The molecule has 0 atom stereocenters. The van der Waals surface area contributed by atoms with Gasteiger partial charge in [-0.1, -0.05) is 11.8 Å². The Labute approximate surface area is 101 Å². The molecule has 86 valence electrons. The molecule has 1 aromatic heterocycles. The second-order valence-electron chi connectivity index (χ2n) is 3.01. The first kappa shape index (κ1) is 12.7. The van der Waals surface area contributed by atoms with Crippen molar-refractivity contribution in [2.45, 2.75) is 17.2 Å². The molecule has 0 saturated heterocycles. The van der Waals surface area contributed by atoms with Gasteiger partial charge in [0.05, 0.1) is 0 Å². The van der Waals surface area contributed by atoms with Crippen molar-refractivity contribution in [3.63, 3.8) is 0 Å². The van der Waals surface area contributed by atoms with Crippen LogP contribution in [0.25, 0.3) is 0 Å². The number of primary amides is 2. The predicted octanol–water partition coefficient (Wildman–Crippen LogP) is -0.121. The van der Waals surface area contributed by atoms with E-state index in [0.29, 0.717) is 5.03 Å². The number of hydrogen-bond acceptors (Lipinski definition) is 5. The van der Waals surface area contributed by atoms with E-state index in [1.807, 2.05) is 0 Å². The lowest BCUT2D eigenvalue weighted by molar-refractivity contribution is -0.125. The van der Waals surface area contributed by atoms with Crippen molar-refractivity contribution in [1.29, 1.82) is 0 Å². The van der Waals surface area contributed by atoms with Gasteiger partial charge in [0.2, 0.25) is 11.8 Å². The predicted molar refractivity (Wildman–Crippen MR) is 62.2 cm³/mol. The van der Waals surface area contributed by atoms with Gasteiger partial charge in [0.15, 0.2) is 10.0 Å². The molecule has 8 heteroatoms. The second kappa shape index (κ2) is 5.08. The monoisotopic (exact) mass is 258 g/mol. The normalized spacial score (nSPS) is 10.4. The summed E-state index contributed by atoms with van der Waals surface area (Å²) in [6.07, 6.45) is 0. The molecular formula is C8H10N4O2S2. The minimum absolute atomic E-state index is 0.273. The van der Waals surface area contributed by atoms with Crippen LogP contribution in [0.15, 0.2) is 11.1 Å². The Kier molecular flexibility index (Phi) is 4.02. The molecule has 0 unspecified atom stereocenters. The maximum Gasteiger partial charge on any atom is 0.240 e. The Balaban J connectivity index is 2.98. The first-order valence-electron chi connectivity index (χ1n) is 4.23. The topological polar surface area (TPSA) is 115 Å². The van der Waals surface area contributed by atoms with Gasteiger partial charge in [-0.3, -0.25) is 9.59 Å². The van der Waals surface area contributed by atoms with E-state index in [0.717, 1.165) is 17.5 Å². The van der Waals surface area contributed by atoms with Crippen LogP contribution in [0.2, 0.25) is 0 Å². The number of thioether (sulfide) groups is 1. The number of nitrogens with one attached hydrogen (secondary N) is 1. The summed E-state index contributed by atoms with van der Waals surface area (Å²) in [5.74, 6) is -1.59. The third-order valence-electron chi connectivity index (χ3n) is 1.61. The number of aryl methyl sites for hydroxylation is 1. The molecule has 2 amide bonds. The molecule has 0 saturated carbocycles. The van der Waals surface area contributed by atoms with Crippen LogP contribution in [0.1, 0.15) is 5.69 Å². The zero-order valence-corrected chi connectivity index (χ0v) is 10.0. The van der Waals surface area contributed by atoms with E-state index < -0.39 is 17.1 Å². The van der Waals surface area contributed by atoms with Gasteiger partial charge in [-0.25, -0.2) is 4.98 Å². The lowest BCUT2D eigenvalue weighted by atomic mass is 10.4. The van der Waals surface area contributed by atoms with Gasteiger partial charge < -0.3 is 16.5 Å². The summed E-state index contributed by atoms with van der Waals surface area (Å²) < 4.78 is 0.273. The lowest BCUT2D eigenvalue weighted by Gasteiger charge is -2.08. The molecule has 0 bridgehead atoms. The maximum absolute atomic E-state index is 11.0. The Bertz CT molecular complexity index is 471. The van der Waals surface area contributed by atoms with E-state index in [4.69, 9.17) is 23.7 Å². The molecule has 0 radical (unpaired) electrons. The molecule has 16 heavy (non-hydrogen) atoms. The number of H-pyrrole nitrogens is 1. The van der Waals surface area contributed by atoms with Crippen molar-refractivity contribution in [3.05, 3.63) is 16.5 Å². The number of aromatic amines is 1. The summed E-state index contributed by atoms with van der Waals surface area (Å²) in [5.41, 5.74) is 10.9. The van der Waals surface area contributed by atoms with Crippen LogP contribution in [0.4, 0.5) is 0 Å². The smallest absolute Gasteiger partial charge is 0.240 e. The Morgan fingerprint density at radius 2 is 2.06 bits per heavy atom. The number of aromatic nitrogens is 2. The molecule has 5 N–H and O–H groups in total. The molecule has 0 spiro atoms.